The number of methoxy groups -OCH3 is 1. The Morgan fingerprint density at radius 1 is 1.03 bits per heavy atom. The molecule has 2 aromatic carbocycles. The van der Waals surface area contributed by atoms with Crippen molar-refractivity contribution in [3.63, 3.8) is 0 Å². The summed E-state index contributed by atoms with van der Waals surface area (Å²) >= 11 is 1.07. The number of hydrogen-bond donors (Lipinski definition) is 2. The van der Waals surface area contributed by atoms with Gasteiger partial charge in [-0.3, -0.25) is 9.59 Å². The van der Waals surface area contributed by atoms with Gasteiger partial charge in [-0.2, -0.15) is 0 Å². The number of rotatable bonds is 9. The molecular formula is C26H28N2O5S. The van der Waals surface area contributed by atoms with Crippen LogP contribution in [0.2, 0.25) is 0 Å². The third-order valence-electron chi connectivity index (χ3n) is 5.26. The molecule has 34 heavy (non-hydrogen) atoms. The summed E-state index contributed by atoms with van der Waals surface area (Å²) in [6.45, 7) is 5.46. The van der Waals surface area contributed by atoms with Crippen LogP contribution in [0.1, 0.15) is 56.6 Å². The van der Waals surface area contributed by atoms with E-state index in [4.69, 9.17) is 9.47 Å². The maximum Gasteiger partial charge on any atom is 0.341 e. The fourth-order valence-corrected chi connectivity index (χ4v) is 4.57. The summed E-state index contributed by atoms with van der Waals surface area (Å²) in [6.07, 6.45) is 0.107. The first-order chi connectivity index (χ1) is 16.3. The van der Waals surface area contributed by atoms with Gasteiger partial charge >= 0.3 is 5.97 Å². The minimum atomic E-state index is -0.578. The fraction of sp³-hybridized carbons (Fsp3) is 0.269. The van der Waals surface area contributed by atoms with Crippen LogP contribution in [0.3, 0.4) is 0 Å². The number of benzene rings is 2. The molecule has 1 aromatic heterocycles. The average Bonchev–Trinajstić information content (AvgIpc) is 3.15. The summed E-state index contributed by atoms with van der Waals surface area (Å²) < 4.78 is 10.3. The Morgan fingerprint density at radius 3 is 2.32 bits per heavy atom. The van der Waals surface area contributed by atoms with Crippen LogP contribution >= 0.6 is 11.3 Å². The number of hydrogen-bond acceptors (Lipinski definition) is 6. The molecule has 8 heteroatoms. The zero-order valence-electron chi connectivity index (χ0n) is 19.6. The quantitative estimate of drug-likeness (QED) is 0.424. The summed E-state index contributed by atoms with van der Waals surface area (Å²) in [5.74, 6) is -0.504. The lowest BCUT2D eigenvalue weighted by atomic mass is 10.1. The molecule has 0 bridgehead atoms. The second-order valence-corrected chi connectivity index (χ2v) is 8.68. The van der Waals surface area contributed by atoms with Crippen LogP contribution < -0.4 is 15.4 Å². The second-order valence-electron chi connectivity index (χ2n) is 7.66. The van der Waals surface area contributed by atoms with E-state index < -0.39 is 5.97 Å². The molecule has 0 saturated heterocycles. The SMILES string of the molecule is CCOC(=O)c1c(NC(=O)Cc2ccc(OC)cc2)sc(C(=O)NC(C)c2ccccc2)c1C. The molecular weight excluding hydrogens is 452 g/mol. The van der Waals surface area contributed by atoms with E-state index in [1.54, 1.807) is 45.2 Å². The maximum absolute atomic E-state index is 13.1. The van der Waals surface area contributed by atoms with Crippen LogP contribution in [-0.2, 0) is 16.0 Å². The number of amides is 2. The summed E-state index contributed by atoms with van der Waals surface area (Å²) in [5.41, 5.74) is 2.43. The molecule has 2 amide bonds. The standard InChI is InChI=1S/C26H28N2O5S/c1-5-33-26(31)22-16(2)23(24(30)27-17(3)19-9-7-6-8-10-19)34-25(22)28-21(29)15-18-11-13-20(32-4)14-12-18/h6-14,17H,5,15H2,1-4H3,(H,27,30)(H,28,29). The molecule has 1 heterocycles. The van der Waals surface area contributed by atoms with E-state index in [9.17, 15) is 14.4 Å². The zero-order chi connectivity index (χ0) is 24.7. The highest BCUT2D eigenvalue weighted by Crippen LogP contribution is 2.34. The van der Waals surface area contributed by atoms with Gasteiger partial charge in [-0.05, 0) is 49.6 Å². The van der Waals surface area contributed by atoms with Gasteiger partial charge in [0, 0.05) is 0 Å². The van der Waals surface area contributed by atoms with Gasteiger partial charge in [0.25, 0.3) is 5.91 Å². The molecule has 3 rings (SSSR count). The van der Waals surface area contributed by atoms with Gasteiger partial charge in [0.1, 0.15) is 10.8 Å². The molecule has 0 aliphatic rings. The largest absolute Gasteiger partial charge is 0.497 e. The van der Waals surface area contributed by atoms with E-state index >= 15 is 0 Å². The Labute approximate surface area is 203 Å². The molecule has 1 unspecified atom stereocenters. The van der Waals surface area contributed by atoms with E-state index in [0.29, 0.717) is 21.2 Å². The maximum atomic E-state index is 13.1. The van der Waals surface area contributed by atoms with E-state index in [2.05, 4.69) is 10.6 Å². The van der Waals surface area contributed by atoms with Gasteiger partial charge in [0.15, 0.2) is 0 Å². The average molecular weight is 481 g/mol. The van der Waals surface area contributed by atoms with E-state index in [-0.39, 0.29) is 36.4 Å². The van der Waals surface area contributed by atoms with Gasteiger partial charge in [-0.1, -0.05) is 42.5 Å². The summed E-state index contributed by atoms with van der Waals surface area (Å²) in [5, 5.41) is 6.06. The number of carbonyl (C=O) groups is 3. The van der Waals surface area contributed by atoms with Crippen LogP contribution in [0.5, 0.6) is 5.75 Å². The normalized spacial score (nSPS) is 11.4. The first-order valence-corrected chi connectivity index (χ1v) is 11.7. The van der Waals surface area contributed by atoms with Crippen molar-refractivity contribution >= 4 is 34.1 Å². The van der Waals surface area contributed by atoms with Gasteiger partial charge in [-0.15, -0.1) is 11.3 Å². The van der Waals surface area contributed by atoms with Crippen molar-refractivity contribution in [2.24, 2.45) is 0 Å². The Morgan fingerprint density at radius 2 is 1.71 bits per heavy atom. The van der Waals surface area contributed by atoms with Gasteiger partial charge in [-0.25, -0.2) is 4.79 Å². The van der Waals surface area contributed by atoms with E-state index in [1.807, 2.05) is 37.3 Å². The lowest BCUT2D eigenvalue weighted by molar-refractivity contribution is -0.115. The number of esters is 1. The molecule has 2 N–H and O–H groups in total. The van der Waals surface area contributed by atoms with Gasteiger partial charge in [0.2, 0.25) is 5.91 Å². The number of ether oxygens (including phenoxy) is 2. The molecule has 3 aromatic rings. The smallest absolute Gasteiger partial charge is 0.341 e. The van der Waals surface area contributed by atoms with Crippen molar-refractivity contribution in [3.8, 4) is 5.75 Å². The lowest BCUT2D eigenvalue weighted by Gasteiger charge is -2.14. The lowest BCUT2D eigenvalue weighted by Crippen LogP contribution is -2.26. The van der Waals surface area contributed by atoms with Crippen molar-refractivity contribution in [2.75, 3.05) is 19.0 Å². The third kappa shape index (κ3) is 6.02. The van der Waals surface area contributed by atoms with Crippen LogP contribution in [0.25, 0.3) is 0 Å². The monoisotopic (exact) mass is 480 g/mol. The van der Waals surface area contributed by atoms with E-state index in [1.165, 1.54) is 0 Å². The van der Waals surface area contributed by atoms with Gasteiger partial charge in [0.05, 0.1) is 36.6 Å². The van der Waals surface area contributed by atoms with Crippen LogP contribution in [0.4, 0.5) is 5.00 Å². The summed E-state index contributed by atoms with van der Waals surface area (Å²) in [7, 11) is 1.58. The molecule has 0 aliphatic carbocycles. The highest BCUT2D eigenvalue weighted by molar-refractivity contribution is 7.18. The molecule has 1 atom stereocenters. The molecule has 7 nitrogen and oxygen atoms in total. The molecule has 0 spiro atoms. The number of nitrogens with one attached hydrogen (secondary N) is 2. The second kappa shape index (κ2) is 11.5. The molecule has 0 radical (unpaired) electrons. The minimum Gasteiger partial charge on any atom is -0.497 e. The van der Waals surface area contributed by atoms with Gasteiger partial charge < -0.3 is 20.1 Å². The predicted molar refractivity (Wildman–Crippen MR) is 133 cm³/mol. The topological polar surface area (TPSA) is 93.7 Å². The first-order valence-electron chi connectivity index (χ1n) is 10.9. The van der Waals surface area contributed by atoms with Crippen LogP contribution in [0.15, 0.2) is 54.6 Å². The van der Waals surface area contributed by atoms with Crippen LogP contribution in [-0.4, -0.2) is 31.5 Å². The Kier molecular flexibility index (Phi) is 8.43. The highest BCUT2D eigenvalue weighted by Gasteiger charge is 2.27. The minimum absolute atomic E-state index is 0.107. The number of carbonyl (C=O) groups excluding carboxylic acids is 3. The van der Waals surface area contributed by atoms with Crippen molar-refractivity contribution in [2.45, 2.75) is 33.2 Å². The predicted octanol–water partition coefficient (Wildman–Crippen LogP) is 4.91. The first kappa shape index (κ1) is 25.0. The summed E-state index contributed by atoms with van der Waals surface area (Å²) in [4.78, 5) is 38.8. The van der Waals surface area contributed by atoms with Crippen molar-refractivity contribution in [1.82, 2.24) is 5.32 Å². The van der Waals surface area contributed by atoms with Crippen LogP contribution in [0, 0.1) is 6.92 Å². The Bertz CT molecular complexity index is 1160. The summed E-state index contributed by atoms with van der Waals surface area (Å²) in [6, 6.07) is 16.5. The molecule has 0 fully saturated rings. The Balaban J connectivity index is 1.82. The third-order valence-corrected chi connectivity index (χ3v) is 6.46. The number of thiophene rings is 1. The number of anilines is 1. The highest BCUT2D eigenvalue weighted by atomic mass is 32.1. The van der Waals surface area contributed by atoms with Crippen molar-refractivity contribution < 1.29 is 23.9 Å². The zero-order valence-corrected chi connectivity index (χ0v) is 20.5. The molecule has 0 saturated carbocycles. The van der Waals surface area contributed by atoms with Crippen molar-refractivity contribution in [3.05, 3.63) is 81.7 Å². The fourth-order valence-electron chi connectivity index (χ4n) is 3.45. The van der Waals surface area contributed by atoms with E-state index in [0.717, 1.165) is 22.5 Å². The molecule has 0 aliphatic heterocycles. The Hall–Kier alpha value is -3.65. The molecule has 178 valence electrons. The van der Waals surface area contributed by atoms with Crippen molar-refractivity contribution in [1.29, 1.82) is 0 Å².